The van der Waals surface area contributed by atoms with Crippen LogP contribution >= 0.6 is 15.6 Å². The van der Waals surface area contributed by atoms with Crippen molar-refractivity contribution in [3.05, 3.63) is 0 Å². The summed E-state index contributed by atoms with van der Waals surface area (Å²) in [4.78, 5) is 72.8. The van der Waals surface area contributed by atoms with Gasteiger partial charge in [-0.15, -0.1) is 0 Å². The van der Waals surface area contributed by atoms with E-state index < -0.39 is 97.5 Å². The molecule has 0 saturated carbocycles. The van der Waals surface area contributed by atoms with Crippen LogP contribution in [0.3, 0.4) is 0 Å². The Balaban J connectivity index is 5.20. The summed E-state index contributed by atoms with van der Waals surface area (Å²) in [7, 11) is -9.91. The van der Waals surface area contributed by atoms with Crippen LogP contribution in [-0.4, -0.2) is 96.7 Å². The summed E-state index contributed by atoms with van der Waals surface area (Å²) < 4.78 is 68.5. The van der Waals surface area contributed by atoms with Gasteiger partial charge < -0.3 is 33.8 Å². The minimum atomic E-state index is -4.96. The fourth-order valence-electron chi connectivity index (χ4n) is 11.8. The van der Waals surface area contributed by atoms with Crippen molar-refractivity contribution in [3.8, 4) is 0 Å². The fourth-order valence-corrected chi connectivity index (χ4v) is 13.4. The average molecular weight is 1420 g/mol. The standard InChI is InChI=1S/C78H152O17P2/c1-9-70(7)56-48-40-32-23-19-17-15-13-11-12-14-16-18-20-26-36-44-52-60-77(82)94-73(64-88-75(80)58-50-42-34-25-22-21-24-33-41-49-57-71(8)10-2)66-92-96(84,85)90-62-72(79)63-91-97(86,87)93-67-74(95-78(83)61-53-45-37-29-31-39-47-55-69(5)6)65-89-76(81)59-51-43-35-28-27-30-38-46-54-68(3)4/h68-74,79H,9-67H2,1-8H3,(H,84,85)(H,86,87)/t70?,71?,72?,73-,74-/m1/s1. The molecule has 0 amide bonds. The van der Waals surface area contributed by atoms with Gasteiger partial charge in [-0.1, -0.05) is 344 Å². The number of aliphatic hydroxyl groups is 1. The predicted molar refractivity (Wildman–Crippen MR) is 395 cm³/mol. The van der Waals surface area contributed by atoms with Crippen LogP contribution in [-0.2, 0) is 65.4 Å². The summed E-state index contributed by atoms with van der Waals surface area (Å²) in [6.45, 7) is 14.2. The van der Waals surface area contributed by atoms with Crippen molar-refractivity contribution < 1.29 is 80.2 Å². The third-order valence-corrected chi connectivity index (χ3v) is 20.7. The van der Waals surface area contributed by atoms with Crippen LogP contribution in [0.15, 0.2) is 0 Å². The zero-order chi connectivity index (χ0) is 71.7. The van der Waals surface area contributed by atoms with E-state index in [1.807, 2.05) is 0 Å². The number of esters is 4. The number of carbonyl (C=O) groups excluding carboxylic acids is 4. The Morgan fingerprint density at radius 1 is 0.289 bits per heavy atom. The van der Waals surface area contributed by atoms with Crippen molar-refractivity contribution in [1.82, 2.24) is 0 Å². The molecule has 0 fully saturated rings. The first-order valence-corrected chi connectivity index (χ1v) is 43.3. The van der Waals surface area contributed by atoms with Gasteiger partial charge in [-0.3, -0.25) is 37.3 Å². The van der Waals surface area contributed by atoms with E-state index in [2.05, 4.69) is 55.4 Å². The second-order valence-electron chi connectivity index (χ2n) is 29.5. The number of carbonyl (C=O) groups is 4. The number of phosphoric acid groups is 2. The maximum atomic E-state index is 13.1. The third kappa shape index (κ3) is 69.5. The molecule has 0 aromatic heterocycles. The molecule has 0 radical (unpaired) electrons. The fraction of sp³-hybridized carbons (Fsp3) is 0.949. The van der Waals surface area contributed by atoms with Gasteiger partial charge in [0.15, 0.2) is 12.2 Å². The first kappa shape index (κ1) is 95.1. The van der Waals surface area contributed by atoms with Gasteiger partial charge in [-0.25, -0.2) is 9.13 Å². The number of rotatable bonds is 75. The van der Waals surface area contributed by atoms with E-state index in [9.17, 15) is 43.2 Å². The highest BCUT2D eigenvalue weighted by Crippen LogP contribution is 2.45. The van der Waals surface area contributed by atoms with Crippen LogP contribution in [0, 0.1) is 23.7 Å². The molecule has 576 valence electrons. The lowest BCUT2D eigenvalue weighted by molar-refractivity contribution is -0.161. The molecule has 7 atom stereocenters. The van der Waals surface area contributed by atoms with Gasteiger partial charge in [0.25, 0.3) is 0 Å². The predicted octanol–water partition coefficient (Wildman–Crippen LogP) is 22.8. The van der Waals surface area contributed by atoms with Crippen LogP contribution in [0.5, 0.6) is 0 Å². The van der Waals surface area contributed by atoms with Gasteiger partial charge in [-0.05, 0) is 49.4 Å². The van der Waals surface area contributed by atoms with E-state index >= 15 is 0 Å². The molecule has 17 nitrogen and oxygen atoms in total. The maximum absolute atomic E-state index is 13.1. The van der Waals surface area contributed by atoms with Crippen LogP contribution < -0.4 is 0 Å². The number of unbranched alkanes of at least 4 members (excludes halogenated alkanes) is 39. The maximum Gasteiger partial charge on any atom is 0.472 e. The van der Waals surface area contributed by atoms with E-state index in [0.29, 0.717) is 31.6 Å². The quantitative estimate of drug-likeness (QED) is 0.0222. The highest BCUT2D eigenvalue weighted by Gasteiger charge is 2.30. The molecule has 0 aromatic rings. The molecule has 0 aliphatic carbocycles. The minimum absolute atomic E-state index is 0.103. The number of phosphoric ester groups is 2. The highest BCUT2D eigenvalue weighted by molar-refractivity contribution is 7.47. The molecule has 97 heavy (non-hydrogen) atoms. The highest BCUT2D eigenvalue weighted by atomic mass is 31.2. The summed E-state index contributed by atoms with van der Waals surface area (Å²) in [6.07, 6.45) is 52.9. The van der Waals surface area contributed by atoms with Crippen LogP contribution in [0.25, 0.3) is 0 Å². The molecule has 0 heterocycles. The molecule has 0 spiro atoms. The molecule has 0 bridgehead atoms. The number of ether oxygens (including phenoxy) is 4. The Bertz CT molecular complexity index is 1910. The normalized spacial score (nSPS) is 14.6. The Morgan fingerprint density at radius 2 is 0.495 bits per heavy atom. The number of hydrogen-bond acceptors (Lipinski definition) is 15. The molecule has 19 heteroatoms. The lowest BCUT2D eigenvalue weighted by Crippen LogP contribution is -2.30. The van der Waals surface area contributed by atoms with Gasteiger partial charge in [-0.2, -0.15) is 0 Å². The number of hydrogen-bond donors (Lipinski definition) is 3. The SMILES string of the molecule is CCC(C)CCCCCCCCCCCCCCCCCCCCC(=O)O[C@H](COC(=O)CCCCCCCCCCCCC(C)CC)COP(=O)(O)OCC(O)COP(=O)(O)OC[C@@H](COC(=O)CCCCCCCCCCC(C)C)OC(=O)CCCCCCCCCC(C)C. The Kier molecular flexibility index (Phi) is 65.9. The van der Waals surface area contributed by atoms with Gasteiger partial charge in [0, 0.05) is 25.7 Å². The molecule has 3 N–H and O–H groups in total. The van der Waals surface area contributed by atoms with Crippen molar-refractivity contribution in [3.63, 3.8) is 0 Å². The van der Waals surface area contributed by atoms with Crippen molar-refractivity contribution in [2.45, 2.75) is 414 Å². The van der Waals surface area contributed by atoms with E-state index in [-0.39, 0.29) is 25.7 Å². The Morgan fingerprint density at radius 3 is 0.732 bits per heavy atom. The zero-order valence-electron chi connectivity index (χ0n) is 63.7. The topological polar surface area (TPSA) is 237 Å². The van der Waals surface area contributed by atoms with Crippen molar-refractivity contribution in [2.24, 2.45) is 23.7 Å². The second-order valence-corrected chi connectivity index (χ2v) is 32.4. The summed E-state index contributed by atoms with van der Waals surface area (Å²) >= 11 is 0. The molecule has 0 aromatic carbocycles. The van der Waals surface area contributed by atoms with E-state index in [1.165, 1.54) is 199 Å². The number of aliphatic hydroxyl groups excluding tert-OH is 1. The lowest BCUT2D eigenvalue weighted by Gasteiger charge is -2.21. The van der Waals surface area contributed by atoms with E-state index in [4.69, 9.17) is 37.0 Å². The summed E-state index contributed by atoms with van der Waals surface area (Å²) in [5.74, 6) is 0.981. The molecule has 0 rings (SSSR count). The van der Waals surface area contributed by atoms with Crippen molar-refractivity contribution in [2.75, 3.05) is 39.6 Å². The zero-order valence-corrected chi connectivity index (χ0v) is 65.5. The van der Waals surface area contributed by atoms with Gasteiger partial charge in [0.1, 0.15) is 19.3 Å². The molecular weight excluding hydrogens is 1270 g/mol. The Hall–Kier alpha value is -1.94. The van der Waals surface area contributed by atoms with Crippen molar-refractivity contribution in [1.29, 1.82) is 0 Å². The first-order chi connectivity index (χ1) is 46.7. The lowest BCUT2D eigenvalue weighted by atomic mass is 9.99. The second kappa shape index (κ2) is 67.2. The van der Waals surface area contributed by atoms with Crippen LogP contribution in [0.4, 0.5) is 0 Å². The van der Waals surface area contributed by atoms with Crippen molar-refractivity contribution >= 4 is 39.5 Å². The van der Waals surface area contributed by atoms with Gasteiger partial charge >= 0.3 is 39.5 Å². The van der Waals surface area contributed by atoms with Gasteiger partial charge in [0.05, 0.1) is 26.4 Å². The molecule has 0 aliphatic rings. The third-order valence-electron chi connectivity index (χ3n) is 18.8. The minimum Gasteiger partial charge on any atom is -0.462 e. The van der Waals surface area contributed by atoms with Crippen LogP contribution in [0.2, 0.25) is 0 Å². The smallest absolute Gasteiger partial charge is 0.462 e. The average Bonchev–Trinajstić information content (AvgIpc) is 1.76. The largest absolute Gasteiger partial charge is 0.472 e. The molecule has 0 aliphatic heterocycles. The first-order valence-electron chi connectivity index (χ1n) is 40.3. The van der Waals surface area contributed by atoms with Gasteiger partial charge in [0.2, 0.25) is 0 Å². The molecule has 5 unspecified atom stereocenters. The summed E-state index contributed by atoms with van der Waals surface area (Å²) in [6, 6.07) is 0. The molecular formula is C78H152O17P2. The van der Waals surface area contributed by atoms with E-state index in [0.717, 1.165) is 108 Å². The summed E-state index contributed by atoms with van der Waals surface area (Å²) in [5, 5.41) is 10.6. The summed E-state index contributed by atoms with van der Waals surface area (Å²) in [5.41, 5.74) is 0. The monoisotopic (exact) mass is 1420 g/mol. The molecule has 0 saturated heterocycles. The van der Waals surface area contributed by atoms with Crippen LogP contribution in [0.1, 0.15) is 396 Å². The van der Waals surface area contributed by atoms with E-state index in [1.54, 1.807) is 0 Å². The Labute approximate surface area is 594 Å².